The topological polar surface area (TPSA) is 116 Å². The highest BCUT2D eigenvalue weighted by molar-refractivity contribution is 5.97. The summed E-state index contributed by atoms with van der Waals surface area (Å²) in [6, 6.07) is -1.70. The standard InChI is InChI=1S/C20H35N3O6/c1-7-13(2)16-17(25)23(12-15(24)22(16)6)14(18(26)27)10-8-9-11-21-19(28)29-20(3,4)5/h13-14,16H,7-12H2,1-6H3,(H,21,28)(H,26,27)/t13-,14-,16-/m0/s1. The average Bonchev–Trinajstić information content (AvgIpc) is 2.59. The number of likely N-dealkylation sites (N-methyl/N-ethyl adjacent to an activating group) is 1. The highest BCUT2D eigenvalue weighted by Crippen LogP contribution is 2.23. The molecule has 0 aliphatic carbocycles. The third kappa shape index (κ3) is 7.21. The number of rotatable bonds is 9. The third-order valence-corrected chi connectivity index (χ3v) is 5.07. The number of hydrogen-bond donors (Lipinski definition) is 2. The maximum atomic E-state index is 12.9. The highest BCUT2D eigenvalue weighted by atomic mass is 16.6. The molecule has 0 radical (unpaired) electrons. The van der Waals surface area contributed by atoms with Gasteiger partial charge in [0.1, 0.15) is 24.2 Å². The van der Waals surface area contributed by atoms with Crippen molar-refractivity contribution in [2.75, 3.05) is 20.1 Å². The number of amides is 3. The van der Waals surface area contributed by atoms with Crippen LogP contribution in [0.5, 0.6) is 0 Å². The summed E-state index contributed by atoms with van der Waals surface area (Å²) in [5.41, 5.74) is -0.584. The van der Waals surface area contributed by atoms with Crippen molar-refractivity contribution in [3.8, 4) is 0 Å². The second-order valence-corrected chi connectivity index (χ2v) is 8.58. The van der Waals surface area contributed by atoms with Gasteiger partial charge in [-0.1, -0.05) is 20.3 Å². The minimum absolute atomic E-state index is 0.0632. The van der Waals surface area contributed by atoms with Crippen LogP contribution in [0.1, 0.15) is 60.3 Å². The molecule has 166 valence electrons. The summed E-state index contributed by atoms with van der Waals surface area (Å²) >= 11 is 0. The Hall–Kier alpha value is -2.32. The Kier molecular flexibility index (Phi) is 8.91. The molecule has 1 fully saturated rings. The number of piperazine rings is 1. The lowest BCUT2D eigenvalue weighted by Crippen LogP contribution is -2.63. The van der Waals surface area contributed by atoms with Gasteiger partial charge in [0.05, 0.1) is 0 Å². The lowest BCUT2D eigenvalue weighted by molar-refractivity contribution is -0.164. The summed E-state index contributed by atoms with van der Waals surface area (Å²) in [6.07, 6.45) is 1.41. The van der Waals surface area contributed by atoms with Gasteiger partial charge < -0.3 is 25.0 Å². The zero-order chi connectivity index (χ0) is 22.4. The van der Waals surface area contributed by atoms with E-state index < -0.39 is 29.7 Å². The van der Waals surface area contributed by atoms with Gasteiger partial charge in [-0.3, -0.25) is 9.59 Å². The van der Waals surface area contributed by atoms with Crippen molar-refractivity contribution >= 4 is 23.9 Å². The Balaban J connectivity index is 2.66. The molecule has 0 aromatic heterocycles. The largest absolute Gasteiger partial charge is 0.480 e. The molecule has 1 aliphatic heterocycles. The third-order valence-electron chi connectivity index (χ3n) is 5.07. The van der Waals surface area contributed by atoms with E-state index >= 15 is 0 Å². The number of carbonyl (C=O) groups is 4. The molecule has 9 heteroatoms. The molecule has 0 bridgehead atoms. The zero-order valence-corrected chi connectivity index (χ0v) is 18.4. The van der Waals surface area contributed by atoms with E-state index in [0.717, 1.165) is 0 Å². The van der Waals surface area contributed by atoms with Crippen molar-refractivity contribution in [2.45, 2.75) is 78.0 Å². The van der Waals surface area contributed by atoms with Crippen LogP contribution in [-0.2, 0) is 19.1 Å². The van der Waals surface area contributed by atoms with E-state index in [1.54, 1.807) is 27.8 Å². The van der Waals surface area contributed by atoms with Gasteiger partial charge in [-0.05, 0) is 46.0 Å². The van der Waals surface area contributed by atoms with Gasteiger partial charge in [0.15, 0.2) is 0 Å². The minimum atomic E-state index is -1.13. The molecule has 1 rings (SSSR count). The van der Waals surface area contributed by atoms with Crippen molar-refractivity contribution in [3.05, 3.63) is 0 Å². The second kappa shape index (κ2) is 10.5. The normalized spacial score (nSPS) is 19.7. The Labute approximate surface area is 172 Å². The van der Waals surface area contributed by atoms with Crippen molar-refractivity contribution in [1.29, 1.82) is 0 Å². The predicted molar refractivity (Wildman–Crippen MR) is 107 cm³/mol. The minimum Gasteiger partial charge on any atom is -0.480 e. The molecule has 1 aliphatic rings. The van der Waals surface area contributed by atoms with Gasteiger partial charge in [-0.15, -0.1) is 0 Å². The fraction of sp³-hybridized carbons (Fsp3) is 0.800. The number of carboxylic acids is 1. The van der Waals surface area contributed by atoms with E-state index in [1.807, 2.05) is 13.8 Å². The average molecular weight is 414 g/mol. The number of carboxylic acid groups (broad SMARTS) is 1. The first-order chi connectivity index (χ1) is 13.4. The first kappa shape index (κ1) is 24.7. The molecule has 0 aromatic rings. The number of aliphatic carboxylic acids is 1. The number of nitrogens with zero attached hydrogens (tertiary/aromatic N) is 2. The lowest BCUT2D eigenvalue weighted by atomic mass is 9.93. The van der Waals surface area contributed by atoms with E-state index in [9.17, 15) is 24.3 Å². The molecule has 3 atom stereocenters. The van der Waals surface area contributed by atoms with Crippen LogP contribution in [0.25, 0.3) is 0 Å². The monoisotopic (exact) mass is 413 g/mol. The Morgan fingerprint density at radius 3 is 2.41 bits per heavy atom. The van der Waals surface area contributed by atoms with Crippen LogP contribution in [0.15, 0.2) is 0 Å². The van der Waals surface area contributed by atoms with E-state index in [0.29, 0.717) is 25.8 Å². The Morgan fingerprint density at radius 2 is 1.90 bits per heavy atom. The summed E-state index contributed by atoms with van der Waals surface area (Å²) in [6.45, 7) is 9.23. The SMILES string of the molecule is CC[C@H](C)[C@H]1C(=O)N([C@@H](CCCCNC(=O)OC(C)(C)C)C(=O)O)CC(=O)N1C. The lowest BCUT2D eigenvalue weighted by Gasteiger charge is -2.42. The molecule has 0 unspecified atom stereocenters. The number of ether oxygens (including phenoxy) is 1. The Morgan fingerprint density at radius 1 is 1.28 bits per heavy atom. The van der Waals surface area contributed by atoms with Crippen molar-refractivity contribution < 1.29 is 29.0 Å². The van der Waals surface area contributed by atoms with Gasteiger partial charge in [-0.25, -0.2) is 9.59 Å². The molecule has 0 saturated carbocycles. The summed E-state index contributed by atoms with van der Waals surface area (Å²) in [4.78, 5) is 51.3. The Bertz CT molecular complexity index is 616. The van der Waals surface area contributed by atoms with Crippen LogP contribution >= 0.6 is 0 Å². The second-order valence-electron chi connectivity index (χ2n) is 8.58. The molecule has 3 amide bonds. The number of hydrogen-bond acceptors (Lipinski definition) is 5. The molecule has 0 spiro atoms. The maximum absolute atomic E-state index is 12.9. The van der Waals surface area contributed by atoms with Crippen LogP contribution < -0.4 is 5.32 Å². The van der Waals surface area contributed by atoms with E-state index in [4.69, 9.17) is 4.74 Å². The summed E-state index contributed by atoms with van der Waals surface area (Å²) in [5, 5.41) is 12.3. The smallest absolute Gasteiger partial charge is 0.407 e. The molecule has 1 saturated heterocycles. The molecule has 9 nitrogen and oxygen atoms in total. The number of unbranched alkanes of at least 4 members (excludes halogenated alkanes) is 1. The van der Waals surface area contributed by atoms with Gasteiger partial charge >= 0.3 is 12.1 Å². The molecule has 29 heavy (non-hydrogen) atoms. The fourth-order valence-electron chi connectivity index (χ4n) is 3.32. The first-order valence-corrected chi connectivity index (χ1v) is 10.1. The molecule has 1 heterocycles. The van der Waals surface area contributed by atoms with Gasteiger partial charge in [0, 0.05) is 13.6 Å². The van der Waals surface area contributed by atoms with E-state index in [2.05, 4.69) is 5.32 Å². The fourth-order valence-corrected chi connectivity index (χ4v) is 3.32. The molecular formula is C20H35N3O6. The van der Waals surface area contributed by atoms with Crippen molar-refractivity contribution in [1.82, 2.24) is 15.1 Å². The van der Waals surface area contributed by atoms with Crippen molar-refractivity contribution in [3.63, 3.8) is 0 Å². The first-order valence-electron chi connectivity index (χ1n) is 10.1. The molecule has 0 aromatic carbocycles. The van der Waals surface area contributed by atoms with Gasteiger partial charge in [0.25, 0.3) is 0 Å². The quantitative estimate of drug-likeness (QED) is 0.557. The van der Waals surface area contributed by atoms with Crippen LogP contribution in [-0.4, -0.2) is 76.6 Å². The van der Waals surface area contributed by atoms with E-state index in [1.165, 1.54) is 9.80 Å². The summed E-state index contributed by atoms with van der Waals surface area (Å²) in [7, 11) is 1.59. The van der Waals surface area contributed by atoms with E-state index in [-0.39, 0.29) is 30.7 Å². The summed E-state index contributed by atoms with van der Waals surface area (Å²) in [5.74, 6) is -1.76. The number of carbonyl (C=O) groups excluding carboxylic acids is 3. The predicted octanol–water partition coefficient (Wildman–Crippen LogP) is 1.85. The highest BCUT2D eigenvalue weighted by Gasteiger charge is 2.43. The van der Waals surface area contributed by atoms with Crippen molar-refractivity contribution in [2.24, 2.45) is 5.92 Å². The number of nitrogens with one attached hydrogen (secondary N) is 1. The zero-order valence-electron chi connectivity index (χ0n) is 18.4. The molecular weight excluding hydrogens is 378 g/mol. The van der Waals surface area contributed by atoms with Crippen LogP contribution in [0.2, 0.25) is 0 Å². The van der Waals surface area contributed by atoms with Crippen LogP contribution in [0.4, 0.5) is 4.79 Å². The maximum Gasteiger partial charge on any atom is 0.407 e. The van der Waals surface area contributed by atoms with Crippen LogP contribution in [0.3, 0.4) is 0 Å². The molecule has 2 N–H and O–H groups in total. The van der Waals surface area contributed by atoms with Gasteiger partial charge in [-0.2, -0.15) is 0 Å². The van der Waals surface area contributed by atoms with Gasteiger partial charge in [0.2, 0.25) is 11.8 Å². The summed E-state index contributed by atoms with van der Waals surface area (Å²) < 4.78 is 5.14. The van der Waals surface area contributed by atoms with Crippen LogP contribution in [0, 0.1) is 5.92 Å². The number of alkyl carbamates (subject to hydrolysis) is 1.